The number of likely N-dealkylation sites (N-methyl/N-ethyl adjacent to an activating group) is 1. The lowest BCUT2D eigenvalue weighted by Gasteiger charge is -2.19. The summed E-state index contributed by atoms with van der Waals surface area (Å²) in [5.74, 6) is -0.694. The van der Waals surface area contributed by atoms with E-state index in [1.165, 1.54) is 4.90 Å². The average molecular weight is 249 g/mol. The van der Waals surface area contributed by atoms with E-state index in [1.54, 1.807) is 12.1 Å². The fourth-order valence-corrected chi connectivity index (χ4v) is 1.68. The molecule has 0 aliphatic rings. The standard InChI is InChI=1S/C13H19N3O2/c1-2-16(9-12(15)17)13(18)11-5-3-10(4-6-11)7-8-14/h3-6H,2,7-9,14H2,1H3,(H2,15,17). The van der Waals surface area contributed by atoms with Crippen LogP contribution in [0.5, 0.6) is 0 Å². The number of hydrogen-bond donors (Lipinski definition) is 2. The third-order valence-corrected chi connectivity index (χ3v) is 2.65. The lowest BCUT2D eigenvalue weighted by atomic mass is 10.1. The fourth-order valence-electron chi connectivity index (χ4n) is 1.68. The molecule has 0 bridgehead atoms. The Morgan fingerprint density at radius 1 is 1.22 bits per heavy atom. The van der Waals surface area contributed by atoms with Gasteiger partial charge in [0.1, 0.15) is 0 Å². The first-order chi connectivity index (χ1) is 8.58. The number of primary amides is 1. The van der Waals surface area contributed by atoms with E-state index in [4.69, 9.17) is 11.5 Å². The molecule has 0 unspecified atom stereocenters. The van der Waals surface area contributed by atoms with E-state index in [0.717, 1.165) is 12.0 Å². The van der Waals surface area contributed by atoms with Crippen LogP contribution in [0.3, 0.4) is 0 Å². The number of amides is 2. The molecule has 0 radical (unpaired) electrons. The number of hydrogen-bond acceptors (Lipinski definition) is 3. The van der Waals surface area contributed by atoms with Crippen LogP contribution in [0.1, 0.15) is 22.8 Å². The van der Waals surface area contributed by atoms with Crippen LogP contribution in [0, 0.1) is 0 Å². The highest BCUT2D eigenvalue weighted by Gasteiger charge is 2.15. The summed E-state index contributed by atoms with van der Waals surface area (Å²) in [6, 6.07) is 7.24. The molecule has 1 aromatic carbocycles. The monoisotopic (exact) mass is 249 g/mol. The molecule has 1 rings (SSSR count). The van der Waals surface area contributed by atoms with E-state index in [2.05, 4.69) is 0 Å². The van der Waals surface area contributed by atoms with Gasteiger partial charge >= 0.3 is 0 Å². The molecule has 4 N–H and O–H groups in total. The topological polar surface area (TPSA) is 89.4 Å². The Morgan fingerprint density at radius 2 is 1.83 bits per heavy atom. The quantitative estimate of drug-likeness (QED) is 0.751. The van der Waals surface area contributed by atoms with E-state index in [9.17, 15) is 9.59 Å². The molecule has 1 aromatic rings. The van der Waals surface area contributed by atoms with Crippen molar-refractivity contribution in [3.63, 3.8) is 0 Å². The second-order valence-electron chi connectivity index (χ2n) is 4.02. The maximum absolute atomic E-state index is 12.1. The Hall–Kier alpha value is -1.88. The number of nitrogens with zero attached hydrogens (tertiary/aromatic N) is 1. The Morgan fingerprint density at radius 3 is 2.28 bits per heavy atom. The minimum atomic E-state index is -0.509. The first kappa shape index (κ1) is 14.2. The van der Waals surface area contributed by atoms with Crippen LogP contribution in [-0.2, 0) is 11.2 Å². The zero-order valence-electron chi connectivity index (χ0n) is 10.6. The highest BCUT2D eigenvalue weighted by atomic mass is 16.2. The van der Waals surface area contributed by atoms with E-state index in [0.29, 0.717) is 18.7 Å². The Balaban J connectivity index is 2.78. The van der Waals surface area contributed by atoms with Crippen molar-refractivity contribution in [2.75, 3.05) is 19.6 Å². The van der Waals surface area contributed by atoms with Gasteiger partial charge in [0.15, 0.2) is 0 Å². The van der Waals surface area contributed by atoms with Crippen molar-refractivity contribution in [2.24, 2.45) is 11.5 Å². The van der Waals surface area contributed by atoms with Crippen molar-refractivity contribution in [1.82, 2.24) is 4.90 Å². The van der Waals surface area contributed by atoms with Gasteiger partial charge in [-0.15, -0.1) is 0 Å². The van der Waals surface area contributed by atoms with Crippen LogP contribution >= 0.6 is 0 Å². The lowest BCUT2D eigenvalue weighted by molar-refractivity contribution is -0.118. The molecule has 18 heavy (non-hydrogen) atoms. The molecule has 0 aliphatic heterocycles. The van der Waals surface area contributed by atoms with Crippen molar-refractivity contribution < 1.29 is 9.59 Å². The van der Waals surface area contributed by atoms with Crippen LogP contribution < -0.4 is 11.5 Å². The number of nitrogens with two attached hydrogens (primary N) is 2. The molecule has 98 valence electrons. The maximum atomic E-state index is 12.1. The minimum absolute atomic E-state index is 0.0557. The second kappa shape index (κ2) is 6.76. The first-order valence-electron chi connectivity index (χ1n) is 5.95. The van der Waals surface area contributed by atoms with Crippen molar-refractivity contribution in [3.05, 3.63) is 35.4 Å². The lowest BCUT2D eigenvalue weighted by Crippen LogP contribution is -2.38. The van der Waals surface area contributed by atoms with Crippen molar-refractivity contribution in [1.29, 1.82) is 0 Å². The van der Waals surface area contributed by atoms with Gasteiger partial charge in [-0.25, -0.2) is 0 Å². The average Bonchev–Trinajstić information content (AvgIpc) is 2.36. The molecular weight excluding hydrogens is 230 g/mol. The summed E-state index contributed by atoms with van der Waals surface area (Å²) in [5, 5.41) is 0. The highest BCUT2D eigenvalue weighted by molar-refractivity contribution is 5.96. The van der Waals surface area contributed by atoms with E-state index in [-0.39, 0.29) is 12.5 Å². The van der Waals surface area contributed by atoms with E-state index < -0.39 is 5.91 Å². The summed E-state index contributed by atoms with van der Waals surface area (Å²) in [6.07, 6.45) is 0.785. The van der Waals surface area contributed by atoms with Gasteiger partial charge in [-0.3, -0.25) is 9.59 Å². The van der Waals surface area contributed by atoms with Crippen LogP contribution in [0.15, 0.2) is 24.3 Å². The van der Waals surface area contributed by atoms with Gasteiger partial charge < -0.3 is 16.4 Å². The molecule has 5 heteroatoms. The summed E-state index contributed by atoms with van der Waals surface area (Å²) in [7, 11) is 0. The molecule has 0 aromatic heterocycles. The maximum Gasteiger partial charge on any atom is 0.254 e. The fraction of sp³-hybridized carbons (Fsp3) is 0.385. The normalized spacial score (nSPS) is 10.1. The third-order valence-electron chi connectivity index (χ3n) is 2.65. The zero-order chi connectivity index (χ0) is 13.5. The molecule has 0 aliphatic carbocycles. The van der Waals surface area contributed by atoms with Gasteiger partial charge in [0.05, 0.1) is 6.54 Å². The van der Waals surface area contributed by atoms with Gasteiger partial charge in [-0.05, 0) is 37.6 Å². The molecule has 0 saturated heterocycles. The van der Waals surface area contributed by atoms with Crippen molar-refractivity contribution in [2.45, 2.75) is 13.3 Å². The summed E-state index contributed by atoms with van der Waals surface area (Å²) >= 11 is 0. The van der Waals surface area contributed by atoms with E-state index in [1.807, 2.05) is 19.1 Å². The summed E-state index contributed by atoms with van der Waals surface area (Å²) < 4.78 is 0. The number of benzene rings is 1. The van der Waals surface area contributed by atoms with Crippen LogP contribution in [0.25, 0.3) is 0 Å². The smallest absolute Gasteiger partial charge is 0.254 e. The van der Waals surface area contributed by atoms with Gasteiger partial charge in [0.25, 0.3) is 5.91 Å². The Labute approximate surface area is 107 Å². The molecule has 2 amide bonds. The molecule has 0 saturated carbocycles. The molecule has 0 heterocycles. The SMILES string of the molecule is CCN(CC(N)=O)C(=O)c1ccc(CCN)cc1. The first-order valence-corrected chi connectivity index (χ1v) is 5.95. The molecule has 5 nitrogen and oxygen atoms in total. The van der Waals surface area contributed by atoms with Gasteiger partial charge in [-0.2, -0.15) is 0 Å². The molecular formula is C13H19N3O2. The van der Waals surface area contributed by atoms with Crippen molar-refractivity contribution in [3.8, 4) is 0 Å². The molecule has 0 atom stereocenters. The van der Waals surface area contributed by atoms with Crippen LogP contribution in [-0.4, -0.2) is 36.3 Å². The van der Waals surface area contributed by atoms with Crippen molar-refractivity contribution >= 4 is 11.8 Å². The van der Waals surface area contributed by atoms with Gasteiger partial charge in [-0.1, -0.05) is 12.1 Å². The Kier molecular flexibility index (Phi) is 5.32. The number of rotatable bonds is 6. The van der Waals surface area contributed by atoms with Gasteiger partial charge in [0, 0.05) is 12.1 Å². The van der Waals surface area contributed by atoms with E-state index >= 15 is 0 Å². The number of carbonyl (C=O) groups excluding carboxylic acids is 2. The Bertz CT molecular complexity index is 415. The van der Waals surface area contributed by atoms with Crippen LogP contribution in [0.4, 0.5) is 0 Å². The van der Waals surface area contributed by atoms with Gasteiger partial charge in [0.2, 0.25) is 5.91 Å². The zero-order valence-corrected chi connectivity index (χ0v) is 10.6. The molecule has 0 fully saturated rings. The number of carbonyl (C=O) groups is 2. The summed E-state index contributed by atoms with van der Waals surface area (Å²) in [4.78, 5) is 24.3. The minimum Gasteiger partial charge on any atom is -0.368 e. The summed E-state index contributed by atoms with van der Waals surface area (Å²) in [6.45, 7) is 2.78. The second-order valence-corrected chi connectivity index (χ2v) is 4.02. The van der Waals surface area contributed by atoms with Crippen LogP contribution in [0.2, 0.25) is 0 Å². The summed E-state index contributed by atoms with van der Waals surface area (Å²) in [5.41, 5.74) is 12.2. The predicted molar refractivity (Wildman–Crippen MR) is 70.0 cm³/mol. The largest absolute Gasteiger partial charge is 0.368 e. The molecule has 0 spiro atoms. The highest BCUT2D eigenvalue weighted by Crippen LogP contribution is 2.08. The predicted octanol–water partition coefficient (Wildman–Crippen LogP) is 0.135. The third kappa shape index (κ3) is 3.85.